The summed E-state index contributed by atoms with van der Waals surface area (Å²) >= 11 is 13.2. The first-order valence-corrected chi connectivity index (χ1v) is 11.9. The molecule has 2 aromatic heterocycles. The Bertz CT molecular complexity index is 1300. The Morgan fingerprint density at radius 3 is 2.69 bits per heavy atom. The minimum absolute atomic E-state index is 0.00592. The fourth-order valence-electron chi connectivity index (χ4n) is 4.13. The highest BCUT2D eigenvalue weighted by Crippen LogP contribution is 2.35. The molecular weight excluding hydrogens is 470 g/mol. The first kappa shape index (κ1) is 21.4. The first-order valence-electron chi connectivity index (χ1n) is 10.3. The Balaban J connectivity index is 1.20. The van der Waals surface area contributed by atoms with E-state index in [-0.39, 0.29) is 22.9 Å². The monoisotopic (exact) mass is 488 g/mol. The second kappa shape index (κ2) is 8.81. The zero-order valence-electron chi connectivity index (χ0n) is 16.9. The van der Waals surface area contributed by atoms with Gasteiger partial charge in [0.15, 0.2) is 5.13 Å². The predicted molar refractivity (Wildman–Crippen MR) is 127 cm³/mol. The Labute approximate surface area is 198 Å². The molecule has 0 spiro atoms. The number of nitrogens with one attached hydrogen (secondary N) is 1. The van der Waals surface area contributed by atoms with E-state index in [0.717, 1.165) is 47.0 Å². The van der Waals surface area contributed by atoms with Crippen molar-refractivity contribution in [3.63, 3.8) is 0 Å². The second-order valence-corrected chi connectivity index (χ2v) is 9.84. The second-order valence-electron chi connectivity index (χ2n) is 7.96. The van der Waals surface area contributed by atoms with Crippen LogP contribution in [0.5, 0.6) is 0 Å². The third kappa shape index (κ3) is 4.37. The molecule has 2 heterocycles. The molecule has 4 aromatic rings. The van der Waals surface area contributed by atoms with Crippen molar-refractivity contribution in [2.24, 2.45) is 5.92 Å². The van der Waals surface area contributed by atoms with Gasteiger partial charge >= 0.3 is 0 Å². The van der Waals surface area contributed by atoms with E-state index in [1.807, 2.05) is 23.0 Å². The molecule has 0 radical (unpaired) electrons. The molecule has 2 aromatic carbocycles. The molecule has 0 saturated heterocycles. The number of carbonyl (C=O) groups excluding carboxylic acids is 1. The summed E-state index contributed by atoms with van der Waals surface area (Å²) in [4.78, 5) is 17.2. The highest BCUT2D eigenvalue weighted by Gasteiger charge is 2.28. The van der Waals surface area contributed by atoms with Crippen LogP contribution in [0.2, 0.25) is 10.0 Å². The van der Waals surface area contributed by atoms with Gasteiger partial charge in [-0.05, 0) is 61.6 Å². The molecular formula is C23H19Cl2FN4OS. The Morgan fingerprint density at radius 1 is 1.09 bits per heavy atom. The van der Waals surface area contributed by atoms with Gasteiger partial charge in [0, 0.05) is 22.7 Å². The summed E-state index contributed by atoms with van der Waals surface area (Å²) in [5.41, 5.74) is 2.37. The van der Waals surface area contributed by atoms with Gasteiger partial charge in [0.25, 0.3) is 0 Å². The number of anilines is 1. The number of fused-ring (bicyclic) bond motifs is 1. The molecule has 1 amide bonds. The molecule has 9 heteroatoms. The summed E-state index contributed by atoms with van der Waals surface area (Å²) < 4.78 is 16.7. The van der Waals surface area contributed by atoms with Gasteiger partial charge in [0.2, 0.25) is 5.91 Å². The van der Waals surface area contributed by atoms with Crippen LogP contribution >= 0.6 is 34.5 Å². The summed E-state index contributed by atoms with van der Waals surface area (Å²) in [6.07, 6.45) is 6.92. The largest absolute Gasteiger partial charge is 0.302 e. The highest BCUT2D eigenvalue weighted by molar-refractivity contribution is 7.22. The van der Waals surface area contributed by atoms with Crippen LogP contribution in [0.3, 0.4) is 0 Å². The Hall–Kier alpha value is -2.48. The molecule has 1 aliphatic rings. The van der Waals surface area contributed by atoms with Crippen molar-refractivity contribution >= 4 is 55.8 Å². The number of halogens is 3. The average molecular weight is 489 g/mol. The third-order valence-electron chi connectivity index (χ3n) is 5.88. The van der Waals surface area contributed by atoms with E-state index in [4.69, 9.17) is 23.2 Å². The number of hydrogen-bond donors (Lipinski definition) is 1. The molecule has 1 saturated carbocycles. The van der Waals surface area contributed by atoms with Crippen LogP contribution in [0.1, 0.15) is 31.7 Å². The van der Waals surface area contributed by atoms with Gasteiger partial charge < -0.3 is 5.32 Å². The van der Waals surface area contributed by atoms with Crippen molar-refractivity contribution in [2.45, 2.75) is 31.7 Å². The van der Waals surface area contributed by atoms with E-state index in [9.17, 15) is 9.18 Å². The van der Waals surface area contributed by atoms with Gasteiger partial charge in [-0.1, -0.05) is 40.6 Å². The van der Waals surface area contributed by atoms with Crippen LogP contribution in [-0.2, 0) is 4.79 Å². The van der Waals surface area contributed by atoms with E-state index in [1.54, 1.807) is 24.4 Å². The van der Waals surface area contributed by atoms with Crippen LogP contribution in [-0.4, -0.2) is 20.7 Å². The number of rotatable bonds is 4. The van der Waals surface area contributed by atoms with Crippen LogP contribution in [0, 0.1) is 11.7 Å². The lowest BCUT2D eigenvalue weighted by atomic mass is 9.85. The maximum Gasteiger partial charge on any atom is 0.229 e. The maximum absolute atomic E-state index is 13.8. The van der Waals surface area contributed by atoms with E-state index < -0.39 is 5.82 Å². The smallest absolute Gasteiger partial charge is 0.229 e. The van der Waals surface area contributed by atoms with Crippen LogP contribution in [0.25, 0.3) is 21.3 Å². The lowest BCUT2D eigenvalue weighted by Crippen LogP contribution is -2.28. The topological polar surface area (TPSA) is 59.8 Å². The van der Waals surface area contributed by atoms with Gasteiger partial charge in [-0.15, -0.1) is 0 Å². The minimum atomic E-state index is -0.445. The molecule has 0 atom stereocenters. The van der Waals surface area contributed by atoms with Crippen molar-refractivity contribution in [3.05, 3.63) is 64.7 Å². The molecule has 32 heavy (non-hydrogen) atoms. The zero-order chi connectivity index (χ0) is 22.2. The Morgan fingerprint density at radius 2 is 1.91 bits per heavy atom. The molecule has 1 fully saturated rings. The molecule has 5 rings (SSSR count). The van der Waals surface area contributed by atoms with Gasteiger partial charge in [0.1, 0.15) is 5.82 Å². The minimum Gasteiger partial charge on any atom is -0.302 e. The fraction of sp³-hybridized carbons (Fsp3) is 0.261. The van der Waals surface area contributed by atoms with E-state index in [1.165, 1.54) is 17.4 Å². The summed E-state index contributed by atoms with van der Waals surface area (Å²) in [7, 11) is 0. The fourth-order valence-corrected chi connectivity index (χ4v) is 5.26. The lowest BCUT2D eigenvalue weighted by molar-refractivity contribution is -0.121. The van der Waals surface area contributed by atoms with Crippen molar-refractivity contribution in [1.82, 2.24) is 14.8 Å². The molecule has 0 unspecified atom stereocenters. The number of carbonyl (C=O) groups is 1. The maximum atomic E-state index is 13.8. The number of amides is 1. The third-order valence-corrected chi connectivity index (χ3v) is 7.37. The normalized spacial score (nSPS) is 18.7. The number of aromatic nitrogens is 3. The summed E-state index contributed by atoms with van der Waals surface area (Å²) in [5, 5.41) is 8.78. The van der Waals surface area contributed by atoms with Gasteiger partial charge in [-0.25, -0.2) is 9.37 Å². The summed E-state index contributed by atoms with van der Waals surface area (Å²) in [6.45, 7) is 0. The van der Waals surface area contributed by atoms with E-state index in [0.29, 0.717) is 10.2 Å². The molecule has 1 aliphatic carbocycles. The van der Waals surface area contributed by atoms with E-state index >= 15 is 0 Å². The highest BCUT2D eigenvalue weighted by atomic mass is 35.5. The number of benzene rings is 2. The molecule has 0 aliphatic heterocycles. The van der Waals surface area contributed by atoms with Gasteiger partial charge in [-0.2, -0.15) is 5.10 Å². The zero-order valence-corrected chi connectivity index (χ0v) is 19.2. The van der Waals surface area contributed by atoms with Crippen molar-refractivity contribution in [1.29, 1.82) is 0 Å². The van der Waals surface area contributed by atoms with Gasteiger partial charge in [-0.3, -0.25) is 9.48 Å². The number of nitrogens with zero attached hydrogens (tertiary/aromatic N) is 3. The van der Waals surface area contributed by atoms with Crippen LogP contribution in [0.4, 0.5) is 9.52 Å². The lowest BCUT2D eigenvalue weighted by Gasteiger charge is -2.27. The van der Waals surface area contributed by atoms with E-state index in [2.05, 4.69) is 15.4 Å². The quantitative estimate of drug-likeness (QED) is 0.337. The molecule has 1 N–H and O–H groups in total. The van der Waals surface area contributed by atoms with Gasteiger partial charge in [0.05, 0.1) is 27.5 Å². The number of hydrogen-bond acceptors (Lipinski definition) is 4. The Kier molecular flexibility index (Phi) is 5.88. The van der Waals surface area contributed by atoms with Crippen molar-refractivity contribution < 1.29 is 9.18 Å². The molecule has 5 nitrogen and oxygen atoms in total. The van der Waals surface area contributed by atoms with Crippen molar-refractivity contribution in [2.75, 3.05) is 5.32 Å². The standard InChI is InChI=1S/C23H19Cl2FN4OS/c24-16-4-8-21-20(10-16)28-23(32-21)29-22(31)13-1-5-17(6-2-13)30-12-15(11-27-30)14-3-7-18(25)19(26)9-14/h3-4,7-13,17H,1-2,5-6H2,(H,28,29,31). The number of thiazole rings is 1. The molecule has 0 bridgehead atoms. The summed E-state index contributed by atoms with van der Waals surface area (Å²) in [5.74, 6) is -0.492. The molecule has 164 valence electrons. The average Bonchev–Trinajstić information content (AvgIpc) is 3.42. The SMILES string of the molecule is O=C(Nc1nc2cc(Cl)ccc2s1)C1CCC(n2cc(-c3ccc(Cl)c(F)c3)cn2)CC1. The first-order chi connectivity index (χ1) is 15.5. The predicted octanol–water partition coefficient (Wildman–Crippen LogP) is 6.98. The van der Waals surface area contributed by atoms with Crippen LogP contribution in [0.15, 0.2) is 48.8 Å². The van der Waals surface area contributed by atoms with Crippen LogP contribution < -0.4 is 5.32 Å². The van der Waals surface area contributed by atoms with Crippen molar-refractivity contribution in [3.8, 4) is 11.1 Å². The summed E-state index contributed by atoms with van der Waals surface area (Å²) in [6, 6.07) is 10.5.